The van der Waals surface area contributed by atoms with Gasteiger partial charge < -0.3 is 10.2 Å². The monoisotopic (exact) mass is 378 g/mol. The number of urea groups is 1. The fourth-order valence-corrected chi connectivity index (χ4v) is 4.21. The first-order chi connectivity index (χ1) is 13.1. The van der Waals surface area contributed by atoms with Crippen molar-refractivity contribution in [2.24, 2.45) is 5.41 Å². The van der Waals surface area contributed by atoms with Gasteiger partial charge >= 0.3 is 6.03 Å². The molecule has 0 saturated heterocycles. The molecule has 1 aliphatic rings. The maximum Gasteiger partial charge on any atom is 0.318 e. The van der Waals surface area contributed by atoms with Crippen LogP contribution in [0.4, 0.5) is 4.79 Å². The van der Waals surface area contributed by atoms with Crippen molar-refractivity contribution in [2.75, 3.05) is 6.54 Å². The third-order valence-electron chi connectivity index (χ3n) is 5.85. The lowest BCUT2D eigenvalue weighted by Crippen LogP contribution is -2.40. The quantitative estimate of drug-likeness (QED) is 0.707. The number of aryl methyl sites for hydroxylation is 1. The number of hydrogen-bond donors (Lipinski definition) is 1. The van der Waals surface area contributed by atoms with E-state index in [1.807, 2.05) is 4.90 Å². The van der Waals surface area contributed by atoms with Crippen LogP contribution in [0.5, 0.6) is 0 Å². The molecule has 0 spiro atoms. The van der Waals surface area contributed by atoms with Gasteiger partial charge in [0.1, 0.15) is 0 Å². The Bertz CT molecular complexity index is 888. The van der Waals surface area contributed by atoms with E-state index in [1.54, 1.807) is 0 Å². The minimum Gasteiger partial charge on any atom is -0.337 e. The molecule has 1 heterocycles. The van der Waals surface area contributed by atoms with Crippen LogP contribution in [0.3, 0.4) is 0 Å². The predicted molar refractivity (Wildman–Crippen MR) is 118 cm³/mol. The number of nitrogens with one attached hydrogen (secondary N) is 1. The number of carbonyl (C=O) groups is 1. The zero-order valence-electron chi connectivity index (χ0n) is 18.5. The van der Waals surface area contributed by atoms with Gasteiger partial charge in [0.2, 0.25) is 0 Å². The van der Waals surface area contributed by atoms with Crippen molar-refractivity contribution in [3.05, 3.63) is 57.6 Å². The van der Waals surface area contributed by atoms with E-state index in [-0.39, 0.29) is 11.4 Å². The van der Waals surface area contributed by atoms with Gasteiger partial charge in [-0.2, -0.15) is 0 Å². The van der Waals surface area contributed by atoms with E-state index in [2.05, 4.69) is 78.0 Å². The van der Waals surface area contributed by atoms with E-state index in [1.165, 1.54) is 44.5 Å². The molecule has 0 bridgehead atoms. The molecule has 28 heavy (non-hydrogen) atoms. The average molecular weight is 379 g/mol. The molecule has 150 valence electrons. The second-order valence-electron chi connectivity index (χ2n) is 9.36. The summed E-state index contributed by atoms with van der Waals surface area (Å²) >= 11 is 0. The number of amides is 2. The topological polar surface area (TPSA) is 32.3 Å². The summed E-state index contributed by atoms with van der Waals surface area (Å²) in [5, 5.41) is 3.11. The van der Waals surface area contributed by atoms with E-state index in [0.717, 1.165) is 6.42 Å². The molecule has 0 saturated carbocycles. The number of hydrogen-bond acceptors (Lipinski definition) is 1. The molecule has 3 heteroatoms. The predicted octanol–water partition coefficient (Wildman–Crippen LogP) is 5.91. The molecule has 0 atom stereocenters. The molecule has 0 aromatic heterocycles. The van der Waals surface area contributed by atoms with Crippen LogP contribution in [0, 0.1) is 26.2 Å². The second-order valence-corrected chi connectivity index (χ2v) is 9.36. The minimum atomic E-state index is 0.0415. The standard InChI is InChI=1S/C25H34N2O/c1-8-20-17(3)21-13-27(24(28)26-15-25(5,6)7)14-22(21)18(4)23(20)19-11-9-16(2)10-12-19/h9-12H,8,13-15H2,1-7H3,(H,26,28). The SMILES string of the molecule is CCc1c(C)c2c(c(C)c1-c1ccc(C)cc1)CN(C(=O)NCC(C)(C)C)C2. The van der Waals surface area contributed by atoms with E-state index in [4.69, 9.17) is 0 Å². The Kier molecular flexibility index (Phi) is 5.56. The van der Waals surface area contributed by atoms with Gasteiger partial charge in [-0.1, -0.05) is 57.5 Å². The molecule has 2 amide bonds. The highest BCUT2D eigenvalue weighted by molar-refractivity contribution is 5.79. The average Bonchev–Trinajstić information content (AvgIpc) is 3.09. The Morgan fingerprint density at radius 3 is 2.11 bits per heavy atom. The van der Waals surface area contributed by atoms with Gasteiger partial charge in [-0.05, 0) is 71.6 Å². The zero-order chi connectivity index (χ0) is 20.6. The number of benzene rings is 2. The zero-order valence-corrected chi connectivity index (χ0v) is 18.5. The lowest BCUT2D eigenvalue weighted by atomic mass is 9.84. The van der Waals surface area contributed by atoms with Crippen molar-refractivity contribution < 1.29 is 4.79 Å². The Morgan fingerprint density at radius 2 is 1.57 bits per heavy atom. The van der Waals surface area contributed by atoms with Crippen molar-refractivity contribution in [1.29, 1.82) is 0 Å². The highest BCUT2D eigenvalue weighted by Crippen LogP contribution is 2.39. The summed E-state index contributed by atoms with van der Waals surface area (Å²) in [6, 6.07) is 8.86. The number of rotatable bonds is 3. The van der Waals surface area contributed by atoms with Gasteiger partial charge in [0.15, 0.2) is 0 Å². The molecule has 0 fully saturated rings. The first-order valence-corrected chi connectivity index (χ1v) is 10.4. The molecule has 0 unspecified atom stereocenters. The van der Waals surface area contributed by atoms with Crippen LogP contribution in [0.2, 0.25) is 0 Å². The number of fused-ring (bicyclic) bond motifs is 1. The van der Waals surface area contributed by atoms with E-state index in [0.29, 0.717) is 19.6 Å². The lowest BCUT2D eigenvalue weighted by Gasteiger charge is -2.22. The first-order valence-electron chi connectivity index (χ1n) is 10.4. The fraction of sp³-hybridized carbons (Fsp3) is 0.480. The Labute approximate surface area is 170 Å². The Morgan fingerprint density at radius 1 is 1.00 bits per heavy atom. The third kappa shape index (κ3) is 3.94. The maximum absolute atomic E-state index is 12.7. The maximum atomic E-state index is 12.7. The summed E-state index contributed by atoms with van der Waals surface area (Å²) in [6.07, 6.45) is 0.999. The largest absolute Gasteiger partial charge is 0.337 e. The molecule has 0 radical (unpaired) electrons. The Balaban J connectivity index is 1.97. The second kappa shape index (κ2) is 7.62. The number of carbonyl (C=O) groups excluding carboxylic acids is 1. The van der Waals surface area contributed by atoms with Crippen molar-refractivity contribution in [2.45, 2.75) is 68.0 Å². The highest BCUT2D eigenvalue weighted by Gasteiger charge is 2.29. The summed E-state index contributed by atoms with van der Waals surface area (Å²) < 4.78 is 0. The van der Waals surface area contributed by atoms with Crippen molar-refractivity contribution in [3.63, 3.8) is 0 Å². The van der Waals surface area contributed by atoms with Crippen LogP contribution < -0.4 is 5.32 Å². The van der Waals surface area contributed by atoms with Crippen LogP contribution in [-0.2, 0) is 19.5 Å². The summed E-state index contributed by atoms with van der Waals surface area (Å²) in [6.45, 7) is 17.3. The van der Waals surface area contributed by atoms with Gasteiger partial charge in [-0.25, -0.2) is 4.79 Å². The van der Waals surface area contributed by atoms with Gasteiger partial charge in [-0.15, -0.1) is 0 Å². The molecule has 3 nitrogen and oxygen atoms in total. The van der Waals surface area contributed by atoms with Gasteiger partial charge in [-0.3, -0.25) is 0 Å². The normalized spacial score (nSPS) is 13.6. The smallest absolute Gasteiger partial charge is 0.318 e. The molecule has 1 N–H and O–H groups in total. The van der Waals surface area contributed by atoms with Gasteiger partial charge in [0.05, 0.1) is 0 Å². The Hall–Kier alpha value is -2.29. The molecular formula is C25H34N2O. The third-order valence-corrected chi connectivity index (χ3v) is 5.85. The van der Waals surface area contributed by atoms with Gasteiger partial charge in [0, 0.05) is 19.6 Å². The van der Waals surface area contributed by atoms with Crippen molar-refractivity contribution >= 4 is 6.03 Å². The van der Waals surface area contributed by atoms with Crippen LogP contribution in [0.25, 0.3) is 11.1 Å². The first kappa shape index (κ1) is 20.4. The molecular weight excluding hydrogens is 344 g/mol. The van der Waals surface area contributed by atoms with E-state index < -0.39 is 0 Å². The minimum absolute atomic E-state index is 0.0415. The molecule has 1 aliphatic heterocycles. The van der Waals surface area contributed by atoms with E-state index >= 15 is 0 Å². The molecule has 3 rings (SSSR count). The van der Waals surface area contributed by atoms with Crippen LogP contribution in [0.1, 0.15) is 61.1 Å². The molecule has 2 aromatic rings. The lowest BCUT2D eigenvalue weighted by molar-refractivity contribution is 0.193. The summed E-state index contributed by atoms with van der Waals surface area (Å²) in [7, 11) is 0. The molecule has 2 aromatic carbocycles. The van der Waals surface area contributed by atoms with Crippen LogP contribution in [0.15, 0.2) is 24.3 Å². The van der Waals surface area contributed by atoms with E-state index in [9.17, 15) is 4.79 Å². The summed E-state index contributed by atoms with van der Waals surface area (Å²) in [5.41, 5.74) is 10.8. The summed E-state index contributed by atoms with van der Waals surface area (Å²) in [4.78, 5) is 14.7. The summed E-state index contributed by atoms with van der Waals surface area (Å²) in [5.74, 6) is 0. The van der Waals surface area contributed by atoms with Crippen LogP contribution >= 0.6 is 0 Å². The number of nitrogens with zero attached hydrogens (tertiary/aromatic N) is 1. The molecule has 0 aliphatic carbocycles. The van der Waals surface area contributed by atoms with Crippen LogP contribution in [-0.4, -0.2) is 17.5 Å². The van der Waals surface area contributed by atoms with Crippen molar-refractivity contribution in [1.82, 2.24) is 10.2 Å². The fourth-order valence-electron chi connectivity index (χ4n) is 4.21. The highest BCUT2D eigenvalue weighted by atomic mass is 16.2. The van der Waals surface area contributed by atoms with Crippen molar-refractivity contribution in [3.8, 4) is 11.1 Å². The van der Waals surface area contributed by atoms with Gasteiger partial charge in [0.25, 0.3) is 0 Å².